The van der Waals surface area contributed by atoms with E-state index in [2.05, 4.69) is 17.0 Å². The first-order valence-corrected chi connectivity index (χ1v) is 9.47. The van der Waals surface area contributed by atoms with E-state index in [4.69, 9.17) is 16.3 Å². The van der Waals surface area contributed by atoms with Crippen LogP contribution < -0.4 is 9.64 Å². The second kappa shape index (κ2) is 7.20. The summed E-state index contributed by atoms with van der Waals surface area (Å²) < 4.78 is 5.21. The van der Waals surface area contributed by atoms with Gasteiger partial charge in [0.05, 0.1) is 7.11 Å². The number of benzene rings is 2. The van der Waals surface area contributed by atoms with E-state index in [1.165, 1.54) is 5.69 Å². The number of rotatable bonds is 4. The Bertz CT molecular complexity index is 785. The first-order chi connectivity index (χ1) is 12.7. The number of hydrogen-bond acceptors (Lipinski definition) is 3. The minimum atomic E-state index is 0.0995. The highest BCUT2D eigenvalue weighted by Gasteiger charge is 2.46. The predicted molar refractivity (Wildman–Crippen MR) is 104 cm³/mol. The molecule has 1 saturated heterocycles. The summed E-state index contributed by atoms with van der Waals surface area (Å²) in [6.45, 7) is 3.27. The van der Waals surface area contributed by atoms with E-state index in [0.29, 0.717) is 0 Å². The molecule has 0 bridgehead atoms. The van der Waals surface area contributed by atoms with Crippen molar-refractivity contribution >= 4 is 23.2 Å². The molecule has 5 heteroatoms. The van der Waals surface area contributed by atoms with Crippen LogP contribution in [0.2, 0.25) is 5.02 Å². The van der Waals surface area contributed by atoms with E-state index in [1.54, 1.807) is 7.11 Å². The van der Waals surface area contributed by atoms with Gasteiger partial charge >= 0.3 is 0 Å². The number of carbonyl (C=O) groups is 1. The molecule has 1 aliphatic heterocycles. The molecule has 2 atom stereocenters. The van der Waals surface area contributed by atoms with E-state index >= 15 is 0 Å². The summed E-state index contributed by atoms with van der Waals surface area (Å²) in [6, 6.07) is 16.0. The molecule has 2 aromatic rings. The fraction of sp³-hybridized carbons (Fsp3) is 0.381. The summed E-state index contributed by atoms with van der Waals surface area (Å²) in [6.07, 6.45) is 0.918. The van der Waals surface area contributed by atoms with Crippen molar-refractivity contribution < 1.29 is 9.53 Å². The molecule has 0 N–H and O–H groups in total. The normalized spacial score (nSPS) is 22.2. The Labute approximate surface area is 159 Å². The highest BCUT2D eigenvalue weighted by atomic mass is 35.5. The summed E-state index contributed by atoms with van der Waals surface area (Å²) in [7, 11) is 1.67. The van der Waals surface area contributed by atoms with E-state index < -0.39 is 0 Å². The van der Waals surface area contributed by atoms with Crippen LogP contribution in [0.3, 0.4) is 0 Å². The Balaban J connectivity index is 1.33. The number of hydrogen-bond donors (Lipinski definition) is 0. The lowest BCUT2D eigenvalue weighted by atomic mass is 10.1. The number of anilines is 1. The average molecular weight is 371 g/mol. The summed E-state index contributed by atoms with van der Waals surface area (Å²) in [5.74, 6) is 1.53. The number of halogens is 1. The van der Waals surface area contributed by atoms with Gasteiger partial charge in [0.15, 0.2) is 0 Å². The minimum Gasteiger partial charge on any atom is -0.497 e. The molecule has 4 rings (SSSR count). The molecule has 1 saturated carbocycles. The van der Waals surface area contributed by atoms with E-state index in [1.807, 2.05) is 41.3 Å². The van der Waals surface area contributed by atoms with Gasteiger partial charge < -0.3 is 14.5 Å². The third-order valence-corrected chi connectivity index (χ3v) is 5.79. The number of carbonyl (C=O) groups excluding carboxylic acids is 1. The lowest BCUT2D eigenvalue weighted by molar-refractivity contribution is -0.132. The second-order valence-electron chi connectivity index (χ2n) is 6.98. The molecule has 1 heterocycles. The van der Waals surface area contributed by atoms with Gasteiger partial charge in [-0.2, -0.15) is 0 Å². The molecule has 2 aromatic carbocycles. The molecule has 2 fully saturated rings. The number of amides is 1. The van der Waals surface area contributed by atoms with Crippen molar-refractivity contribution in [2.24, 2.45) is 5.92 Å². The van der Waals surface area contributed by atoms with Crippen LogP contribution in [0.25, 0.3) is 0 Å². The third kappa shape index (κ3) is 3.38. The molecule has 0 radical (unpaired) electrons. The zero-order chi connectivity index (χ0) is 18.1. The second-order valence-corrected chi connectivity index (χ2v) is 7.39. The van der Waals surface area contributed by atoms with Crippen molar-refractivity contribution in [3.05, 3.63) is 59.1 Å². The SMILES string of the molecule is COc1ccc(N2CCN(C(=O)C3CC3c3ccccc3Cl)CC2)cc1. The maximum absolute atomic E-state index is 12.8. The Hall–Kier alpha value is -2.20. The Morgan fingerprint density at radius 1 is 1.04 bits per heavy atom. The molecular formula is C21H23ClN2O2. The van der Waals surface area contributed by atoms with Gasteiger partial charge in [0.2, 0.25) is 5.91 Å². The van der Waals surface area contributed by atoms with Gasteiger partial charge in [0, 0.05) is 42.8 Å². The Morgan fingerprint density at radius 2 is 1.73 bits per heavy atom. The van der Waals surface area contributed by atoms with Crippen LogP contribution in [-0.4, -0.2) is 44.1 Å². The lowest BCUT2D eigenvalue weighted by Gasteiger charge is -2.36. The van der Waals surface area contributed by atoms with Crippen LogP contribution in [-0.2, 0) is 4.79 Å². The van der Waals surface area contributed by atoms with Gasteiger partial charge in [-0.15, -0.1) is 0 Å². The van der Waals surface area contributed by atoms with Gasteiger partial charge in [0.1, 0.15) is 5.75 Å². The fourth-order valence-electron chi connectivity index (χ4n) is 3.80. The van der Waals surface area contributed by atoms with Crippen molar-refractivity contribution in [1.29, 1.82) is 0 Å². The van der Waals surface area contributed by atoms with Gasteiger partial charge in [-0.25, -0.2) is 0 Å². The van der Waals surface area contributed by atoms with Crippen LogP contribution in [0.5, 0.6) is 5.75 Å². The highest BCUT2D eigenvalue weighted by molar-refractivity contribution is 6.31. The molecule has 2 aliphatic rings. The predicted octanol–water partition coefficient (Wildman–Crippen LogP) is 3.80. The smallest absolute Gasteiger partial charge is 0.226 e. The van der Waals surface area contributed by atoms with Crippen LogP contribution in [0.15, 0.2) is 48.5 Å². The lowest BCUT2D eigenvalue weighted by Crippen LogP contribution is -2.49. The van der Waals surface area contributed by atoms with Crippen LogP contribution in [0.1, 0.15) is 17.9 Å². The quantitative estimate of drug-likeness (QED) is 0.820. The molecule has 1 aliphatic carbocycles. The van der Waals surface area contributed by atoms with E-state index in [9.17, 15) is 4.79 Å². The average Bonchev–Trinajstić information content (AvgIpc) is 3.48. The molecule has 2 unspecified atom stereocenters. The first kappa shape index (κ1) is 17.2. The van der Waals surface area contributed by atoms with Gasteiger partial charge in [0.25, 0.3) is 0 Å². The molecule has 26 heavy (non-hydrogen) atoms. The van der Waals surface area contributed by atoms with Crippen LogP contribution in [0, 0.1) is 5.92 Å². The standard InChI is InChI=1S/C21H23ClN2O2/c1-26-16-8-6-15(7-9-16)23-10-12-24(13-11-23)21(25)19-14-18(19)17-4-2-3-5-20(17)22/h2-9,18-19H,10-14H2,1H3. The first-order valence-electron chi connectivity index (χ1n) is 9.09. The largest absolute Gasteiger partial charge is 0.497 e. The molecule has 0 spiro atoms. The zero-order valence-corrected chi connectivity index (χ0v) is 15.7. The summed E-state index contributed by atoms with van der Waals surface area (Å²) in [5, 5.41) is 0.775. The summed E-state index contributed by atoms with van der Waals surface area (Å²) >= 11 is 6.28. The van der Waals surface area contributed by atoms with Crippen molar-refractivity contribution in [2.75, 3.05) is 38.2 Å². The van der Waals surface area contributed by atoms with Crippen molar-refractivity contribution in [3.63, 3.8) is 0 Å². The monoisotopic (exact) mass is 370 g/mol. The van der Waals surface area contributed by atoms with Gasteiger partial charge in [-0.05, 0) is 48.2 Å². The summed E-state index contributed by atoms with van der Waals surface area (Å²) in [5.41, 5.74) is 2.29. The van der Waals surface area contributed by atoms with Crippen molar-refractivity contribution in [3.8, 4) is 5.75 Å². The number of ether oxygens (including phenoxy) is 1. The van der Waals surface area contributed by atoms with Crippen LogP contribution in [0.4, 0.5) is 5.69 Å². The van der Waals surface area contributed by atoms with Crippen molar-refractivity contribution in [1.82, 2.24) is 4.90 Å². The Kier molecular flexibility index (Phi) is 4.77. The maximum Gasteiger partial charge on any atom is 0.226 e. The van der Waals surface area contributed by atoms with Crippen molar-refractivity contribution in [2.45, 2.75) is 12.3 Å². The number of piperazine rings is 1. The highest BCUT2D eigenvalue weighted by Crippen LogP contribution is 2.50. The van der Waals surface area contributed by atoms with Crippen LogP contribution >= 0.6 is 11.6 Å². The number of methoxy groups -OCH3 is 1. The van der Waals surface area contributed by atoms with Gasteiger partial charge in [-0.1, -0.05) is 29.8 Å². The van der Waals surface area contributed by atoms with E-state index in [-0.39, 0.29) is 17.7 Å². The van der Waals surface area contributed by atoms with Gasteiger partial charge in [-0.3, -0.25) is 4.79 Å². The fourth-order valence-corrected chi connectivity index (χ4v) is 4.08. The summed E-state index contributed by atoms with van der Waals surface area (Å²) in [4.78, 5) is 17.2. The molecular weight excluding hydrogens is 348 g/mol. The molecule has 4 nitrogen and oxygen atoms in total. The minimum absolute atomic E-state index is 0.0995. The molecule has 136 valence electrons. The maximum atomic E-state index is 12.8. The van der Waals surface area contributed by atoms with E-state index in [0.717, 1.165) is 48.9 Å². The number of nitrogens with zero attached hydrogens (tertiary/aromatic N) is 2. The zero-order valence-electron chi connectivity index (χ0n) is 14.9. The third-order valence-electron chi connectivity index (χ3n) is 5.44. The molecule has 0 aromatic heterocycles. The molecule has 1 amide bonds. The topological polar surface area (TPSA) is 32.8 Å². The Morgan fingerprint density at radius 3 is 2.38 bits per heavy atom.